The molecule has 2 N–H and O–H groups in total. The minimum atomic E-state index is 0.0455. The fourth-order valence-electron chi connectivity index (χ4n) is 2.07. The van der Waals surface area contributed by atoms with Gasteiger partial charge in [-0.15, -0.1) is 0 Å². The molecule has 1 amide bonds. The number of methoxy groups -OCH3 is 2. The Labute approximate surface area is 127 Å². The van der Waals surface area contributed by atoms with E-state index in [4.69, 9.17) is 9.47 Å². The quantitative estimate of drug-likeness (QED) is 0.647. The van der Waals surface area contributed by atoms with Crippen molar-refractivity contribution in [2.24, 2.45) is 0 Å². The van der Waals surface area contributed by atoms with Gasteiger partial charge in [-0.05, 0) is 24.1 Å². The number of hydrogen-bond donors (Lipinski definition) is 2. The molecule has 1 atom stereocenters. The number of benzene rings is 1. The second-order valence-corrected chi connectivity index (χ2v) is 4.78. The van der Waals surface area contributed by atoms with Crippen LogP contribution in [-0.4, -0.2) is 39.8 Å². The normalized spacial score (nSPS) is 12.0. The highest BCUT2D eigenvalue weighted by Gasteiger charge is 2.09. The van der Waals surface area contributed by atoms with Crippen LogP contribution < -0.4 is 15.4 Å². The zero-order valence-electron chi connectivity index (χ0n) is 13.1. The third-order valence-electron chi connectivity index (χ3n) is 3.30. The number of ether oxygens (including phenoxy) is 2. The number of rotatable bonds is 10. The van der Waals surface area contributed by atoms with E-state index >= 15 is 0 Å². The molecule has 5 nitrogen and oxygen atoms in total. The minimum Gasteiger partial charge on any atom is -0.497 e. The summed E-state index contributed by atoms with van der Waals surface area (Å²) in [7, 11) is 3.28. The van der Waals surface area contributed by atoms with Gasteiger partial charge in [0.25, 0.3) is 0 Å². The van der Waals surface area contributed by atoms with E-state index in [9.17, 15) is 4.79 Å². The Balaban J connectivity index is 2.35. The minimum absolute atomic E-state index is 0.0455. The van der Waals surface area contributed by atoms with E-state index in [0.29, 0.717) is 26.1 Å². The lowest BCUT2D eigenvalue weighted by Crippen LogP contribution is -2.31. The molecule has 1 unspecified atom stereocenters. The molecule has 21 heavy (non-hydrogen) atoms. The molecular weight excluding hydrogens is 268 g/mol. The van der Waals surface area contributed by atoms with Gasteiger partial charge in [-0.1, -0.05) is 19.1 Å². The first-order valence-corrected chi connectivity index (χ1v) is 7.34. The molecule has 0 heterocycles. The van der Waals surface area contributed by atoms with E-state index in [2.05, 4.69) is 29.7 Å². The van der Waals surface area contributed by atoms with Crippen LogP contribution >= 0.6 is 0 Å². The summed E-state index contributed by atoms with van der Waals surface area (Å²) in [5.74, 6) is 0.898. The molecule has 0 radical (unpaired) electrons. The predicted octanol–water partition coefficient (Wildman–Crippen LogP) is 1.89. The summed E-state index contributed by atoms with van der Waals surface area (Å²) in [6, 6.07) is 8.27. The lowest BCUT2D eigenvalue weighted by molar-refractivity contribution is -0.121. The molecule has 0 bridgehead atoms. The highest BCUT2D eigenvalue weighted by molar-refractivity contribution is 5.76. The van der Waals surface area contributed by atoms with Gasteiger partial charge in [0.2, 0.25) is 5.91 Å². The SMILES string of the molecule is CCC(NCCC(=O)NCCOC)c1ccc(OC)cc1. The summed E-state index contributed by atoms with van der Waals surface area (Å²) in [6.07, 6.45) is 1.44. The van der Waals surface area contributed by atoms with E-state index in [1.807, 2.05) is 12.1 Å². The lowest BCUT2D eigenvalue weighted by Gasteiger charge is -2.17. The summed E-state index contributed by atoms with van der Waals surface area (Å²) in [5, 5.41) is 6.22. The van der Waals surface area contributed by atoms with Crippen molar-refractivity contribution < 1.29 is 14.3 Å². The maximum Gasteiger partial charge on any atom is 0.221 e. The maximum absolute atomic E-state index is 11.6. The van der Waals surface area contributed by atoms with E-state index in [1.165, 1.54) is 5.56 Å². The topological polar surface area (TPSA) is 59.6 Å². The average molecular weight is 294 g/mol. The van der Waals surface area contributed by atoms with Crippen molar-refractivity contribution in [1.82, 2.24) is 10.6 Å². The molecule has 118 valence electrons. The largest absolute Gasteiger partial charge is 0.497 e. The molecular formula is C16H26N2O3. The first-order chi connectivity index (χ1) is 10.2. The van der Waals surface area contributed by atoms with E-state index in [0.717, 1.165) is 12.2 Å². The van der Waals surface area contributed by atoms with Crippen LogP contribution in [0.4, 0.5) is 0 Å². The smallest absolute Gasteiger partial charge is 0.221 e. The third kappa shape index (κ3) is 6.60. The van der Waals surface area contributed by atoms with Crippen molar-refractivity contribution in [3.63, 3.8) is 0 Å². The van der Waals surface area contributed by atoms with E-state index in [1.54, 1.807) is 14.2 Å². The molecule has 0 aliphatic rings. The summed E-state index contributed by atoms with van der Waals surface area (Å²) in [5.41, 5.74) is 1.21. The van der Waals surface area contributed by atoms with Gasteiger partial charge in [-0.3, -0.25) is 4.79 Å². The van der Waals surface area contributed by atoms with Crippen molar-refractivity contribution >= 4 is 5.91 Å². The van der Waals surface area contributed by atoms with E-state index < -0.39 is 0 Å². The molecule has 1 aromatic carbocycles. The highest BCUT2D eigenvalue weighted by atomic mass is 16.5. The van der Waals surface area contributed by atoms with Crippen LogP contribution in [0, 0.1) is 0 Å². The van der Waals surface area contributed by atoms with E-state index in [-0.39, 0.29) is 11.9 Å². The van der Waals surface area contributed by atoms with Gasteiger partial charge >= 0.3 is 0 Å². The molecule has 5 heteroatoms. The predicted molar refractivity (Wildman–Crippen MR) is 83.5 cm³/mol. The van der Waals surface area contributed by atoms with Crippen molar-refractivity contribution in [2.45, 2.75) is 25.8 Å². The standard InChI is InChI=1S/C16H26N2O3/c1-4-15(13-5-7-14(21-3)8-6-13)17-10-9-16(19)18-11-12-20-2/h5-8,15,17H,4,9-12H2,1-3H3,(H,18,19). The third-order valence-corrected chi connectivity index (χ3v) is 3.30. The summed E-state index contributed by atoms with van der Waals surface area (Å²) >= 11 is 0. The van der Waals surface area contributed by atoms with Crippen LogP contribution in [0.1, 0.15) is 31.4 Å². The van der Waals surface area contributed by atoms with Crippen molar-refractivity contribution in [1.29, 1.82) is 0 Å². The van der Waals surface area contributed by atoms with Gasteiger partial charge in [0.1, 0.15) is 5.75 Å². The zero-order valence-corrected chi connectivity index (χ0v) is 13.1. The fourth-order valence-corrected chi connectivity index (χ4v) is 2.07. The molecule has 1 rings (SSSR count). The van der Waals surface area contributed by atoms with Crippen LogP contribution in [0.25, 0.3) is 0 Å². The molecule has 0 saturated carbocycles. The van der Waals surface area contributed by atoms with Crippen LogP contribution in [-0.2, 0) is 9.53 Å². The number of hydrogen-bond acceptors (Lipinski definition) is 4. The Morgan fingerprint density at radius 3 is 2.48 bits per heavy atom. The monoisotopic (exact) mass is 294 g/mol. The molecule has 0 aliphatic carbocycles. The van der Waals surface area contributed by atoms with Crippen LogP contribution in [0.3, 0.4) is 0 Å². The molecule has 0 aromatic heterocycles. The van der Waals surface area contributed by atoms with Gasteiger partial charge in [0.15, 0.2) is 0 Å². The molecule has 0 aliphatic heterocycles. The zero-order chi connectivity index (χ0) is 15.5. The Kier molecular flexibility index (Phi) is 8.47. The van der Waals surface area contributed by atoms with Crippen LogP contribution in [0.5, 0.6) is 5.75 Å². The second-order valence-electron chi connectivity index (χ2n) is 4.78. The number of carbonyl (C=O) groups is 1. The Hall–Kier alpha value is -1.59. The molecule has 1 aromatic rings. The lowest BCUT2D eigenvalue weighted by atomic mass is 10.0. The van der Waals surface area contributed by atoms with Gasteiger partial charge in [-0.2, -0.15) is 0 Å². The Morgan fingerprint density at radius 1 is 1.19 bits per heavy atom. The number of amides is 1. The fraction of sp³-hybridized carbons (Fsp3) is 0.562. The maximum atomic E-state index is 11.6. The van der Waals surface area contributed by atoms with Crippen molar-refractivity contribution in [3.8, 4) is 5.75 Å². The second kappa shape index (κ2) is 10.2. The number of nitrogens with one attached hydrogen (secondary N) is 2. The molecule has 0 spiro atoms. The average Bonchev–Trinajstić information content (AvgIpc) is 2.52. The van der Waals surface area contributed by atoms with Crippen LogP contribution in [0.2, 0.25) is 0 Å². The van der Waals surface area contributed by atoms with Gasteiger partial charge < -0.3 is 20.1 Å². The highest BCUT2D eigenvalue weighted by Crippen LogP contribution is 2.19. The summed E-state index contributed by atoms with van der Waals surface area (Å²) in [4.78, 5) is 11.6. The van der Waals surface area contributed by atoms with Gasteiger partial charge in [0, 0.05) is 32.7 Å². The van der Waals surface area contributed by atoms with Crippen LogP contribution in [0.15, 0.2) is 24.3 Å². The first-order valence-electron chi connectivity index (χ1n) is 7.34. The summed E-state index contributed by atoms with van der Waals surface area (Å²) in [6.45, 7) is 3.89. The van der Waals surface area contributed by atoms with Crippen molar-refractivity contribution in [2.75, 3.05) is 33.9 Å². The van der Waals surface area contributed by atoms with Gasteiger partial charge in [0.05, 0.1) is 13.7 Å². The first kappa shape index (κ1) is 17.5. The molecule has 0 fully saturated rings. The number of carbonyl (C=O) groups excluding carboxylic acids is 1. The Bertz CT molecular complexity index is 406. The summed E-state index contributed by atoms with van der Waals surface area (Å²) < 4.78 is 10.0. The Morgan fingerprint density at radius 2 is 1.90 bits per heavy atom. The van der Waals surface area contributed by atoms with Crippen molar-refractivity contribution in [3.05, 3.63) is 29.8 Å². The van der Waals surface area contributed by atoms with Gasteiger partial charge in [-0.25, -0.2) is 0 Å². The molecule has 0 saturated heterocycles.